The Bertz CT molecular complexity index is 1050. The normalized spacial score (nSPS) is 17.4. The molecule has 0 atom stereocenters. The van der Waals surface area contributed by atoms with Crippen molar-refractivity contribution in [3.05, 3.63) is 59.4 Å². The van der Waals surface area contributed by atoms with Crippen LogP contribution in [0, 0.1) is 11.7 Å². The molecule has 0 aliphatic carbocycles. The van der Waals surface area contributed by atoms with E-state index in [-0.39, 0.29) is 23.5 Å². The largest absolute Gasteiger partial charge is 0.493 e. The Morgan fingerprint density at radius 3 is 2.19 bits per heavy atom. The van der Waals surface area contributed by atoms with Crippen LogP contribution in [0.1, 0.15) is 36.8 Å². The lowest BCUT2D eigenvalue weighted by molar-refractivity contribution is -0.132. The minimum atomic E-state index is -0.284. The van der Waals surface area contributed by atoms with Crippen LogP contribution in [0.15, 0.2) is 42.5 Å². The number of carbonyl (C=O) groups excluding carboxylic acids is 2. The summed E-state index contributed by atoms with van der Waals surface area (Å²) in [5.74, 6) is 1.41. The fourth-order valence-corrected chi connectivity index (χ4v) is 5.41. The molecular formula is C29H38FN3O4. The number of rotatable bonds is 9. The maximum atomic E-state index is 13.1. The molecule has 2 fully saturated rings. The lowest BCUT2D eigenvalue weighted by Crippen LogP contribution is -2.50. The molecular weight excluding hydrogens is 473 g/mol. The Balaban J connectivity index is 1.15. The molecule has 8 heteroatoms. The van der Waals surface area contributed by atoms with Crippen molar-refractivity contribution >= 4 is 11.8 Å². The summed E-state index contributed by atoms with van der Waals surface area (Å²) in [4.78, 5) is 29.8. The second-order valence-electron chi connectivity index (χ2n) is 9.96. The lowest BCUT2D eigenvalue weighted by atomic mass is 9.92. The highest BCUT2D eigenvalue weighted by molar-refractivity contribution is 5.79. The smallest absolute Gasteiger partial charge is 0.226 e. The van der Waals surface area contributed by atoms with E-state index in [2.05, 4.69) is 10.2 Å². The first-order valence-electron chi connectivity index (χ1n) is 13.2. The number of nitrogens with one attached hydrogen (secondary N) is 1. The van der Waals surface area contributed by atoms with Gasteiger partial charge in [-0.3, -0.25) is 9.59 Å². The fraction of sp³-hybridized carbons (Fsp3) is 0.517. The molecule has 0 radical (unpaired) electrons. The number of carbonyl (C=O) groups is 2. The topological polar surface area (TPSA) is 71.1 Å². The van der Waals surface area contributed by atoms with Gasteiger partial charge in [-0.2, -0.15) is 0 Å². The Morgan fingerprint density at radius 2 is 1.54 bits per heavy atom. The van der Waals surface area contributed by atoms with Crippen molar-refractivity contribution < 1.29 is 23.5 Å². The summed E-state index contributed by atoms with van der Waals surface area (Å²) in [6, 6.07) is 12.4. The minimum Gasteiger partial charge on any atom is -0.493 e. The van der Waals surface area contributed by atoms with E-state index < -0.39 is 0 Å². The highest BCUT2D eigenvalue weighted by Gasteiger charge is 2.31. The predicted octanol–water partition coefficient (Wildman–Crippen LogP) is 3.45. The van der Waals surface area contributed by atoms with Gasteiger partial charge >= 0.3 is 0 Å². The number of likely N-dealkylation sites (tertiary alicyclic amines) is 2. The third-order valence-electron chi connectivity index (χ3n) is 7.66. The number of benzene rings is 2. The maximum Gasteiger partial charge on any atom is 0.226 e. The second-order valence-corrected chi connectivity index (χ2v) is 9.96. The number of methoxy groups -OCH3 is 2. The van der Waals surface area contributed by atoms with Crippen LogP contribution in [0.4, 0.5) is 4.39 Å². The van der Waals surface area contributed by atoms with E-state index in [1.165, 1.54) is 12.1 Å². The molecule has 2 saturated heterocycles. The van der Waals surface area contributed by atoms with Gasteiger partial charge < -0.3 is 24.6 Å². The monoisotopic (exact) mass is 511 g/mol. The van der Waals surface area contributed by atoms with E-state index >= 15 is 0 Å². The molecule has 0 unspecified atom stereocenters. The number of amides is 2. The summed E-state index contributed by atoms with van der Waals surface area (Å²) in [6.07, 6.45) is 4.70. The van der Waals surface area contributed by atoms with Gasteiger partial charge in [-0.25, -0.2) is 4.39 Å². The number of piperidine rings is 2. The molecule has 1 N–H and O–H groups in total. The van der Waals surface area contributed by atoms with Gasteiger partial charge in [-0.1, -0.05) is 18.2 Å². The molecule has 2 aliphatic rings. The van der Waals surface area contributed by atoms with E-state index in [4.69, 9.17) is 9.47 Å². The summed E-state index contributed by atoms with van der Waals surface area (Å²) >= 11 is 0. The molecule has 0 bridgehead atoms. The standard InChI is InChI=1S/C29H38FN3O4/c1-36-26-8-5-22(19-27(26)37-2)9-14-31-29(35)23-10-15-32(16-11-23)25-12-17-33(18-13-25)28(34)20-21-3-6-24(30)7-4-21/h3-8,19,23,25H,9-18,20H2,1-2H3,(H,31,35). The number of ether oxygens (including phenoxy) is 2. The summed E-state index contributed by atoms with van der Waals surface area (Å²) in [5, 5.41) is 3.11. The second kappa shape index (κ2) is 12.9. The van der Waals surface area contributed by atoms with Crippen molar-refractivity contribution in [3.63, 3.8) is 0 Å². The van der Waals surface area contributed by atoms with E-state index in [9.17, 15) is 14.0 Å². The first-order valence-corrected chi connectivity index (χ1v) is 13.2. The van der Waals surface area contributed by atoms with E-state index in [1.54, 1.807) is 26.4 Å². The number of nitrogens with zero attached hydrogens (tertiary/aromatic N) is 2. The van der Waals surface area contributed by atoms with Gasteiger partial charge in [0.05, 0.1) is 20.6 Å². The van der Waals surface area contributed by atoms with Crippen LogP contribution < -0.4 is 14.8 Å². The Kier molecular flexibility index (Phi) is 9.39. The molecule has 2 heterocycles. The molecule has 0 saturated carbocycles. The highest BCUT2D eigenvalue weighted by atomic mass is 19.1. The number of hydrogen-bond donors (Lipinski definition) is 1. The van der Waals surface area contributed by atoms with E-state index in [0.29, 0.717) is 30.5 Å². The molecule has 2 aromatic carbocycles. The van der Waals surface area contributed by atoms with Gasteiger partial charge in [0, 0.05) is 31.6 Å². The molecule has 2 amide bonds. The predicted molar refractivity (Wildman–Crippen MR) is 140 cm³/mol. The van der Waals surface area contributed by atoms with Crippen LogP contribution in [0.25, 0.3) is 0 Å². The molecule has 4 rings (SSSR count). The summed E-state index contributed by atoms with van der Waals surface area (Å²) < 4.78 is 23.7. The van der Waals surface area contributed by atoms with Crippen LogP contribution in [0.3, 0.4) is 0 Å². The van der Waals surface area contributed by atoms with Crippen molar-refractivity contribution in [1.82, 2.24) is 15.1 Å². The lowest BCUT2D eigenvalue weighted by Gasteiger charge is -2.41. The van der Waals surface area contributed by atoms with Crippen LogP contribution >= 0.6 is 0 Å². The zero-order chi connectivity index (χ0) is 26.2. The van der Waals surface area contributed by atoms with Crippen molar-refractivity contribution in [2.24, 2.45) is 5.92 Å². The third-order valence-corrected chi connectivity index (χ3v) is 7.66. The van der Waals surface area contributed by atoms with Crippen molar-refractivity contribution in [2.45, 2.75) is 44.6 Å². The Labute approximate surface area is 218 Å². The fourth-order valence-electron chi connectivity index (χ4n) is 5.41. The van der Waals surface area contributed by atoms with Gasteiger partial charge in [0.15, 0.2) is 11.5 Å². The summed E-state index contributed by atoms with van der Waals surface area (Å²) in [7, 11) is 3.24. The quantitative estimate of drug-likeness (QED) is 0.559. The zero-order valence-corrected chi connectivity index (χ0v) is 21.9. The Morgan fingerprint density at radius 1 is 0.892 bits per heavy atom. The molecule has 7 nitrogen and oxygen atoms in total. The molecule has 200 valence electrons. The van der Waals surface area contributed by atoms with Crippen LogP contribution in [0.2, 0.25) is 0 Å². The molecule has 37 heavy (non-hydrogen) atoms. The zero-order valence-electron chi connectivity index (χ0n) is 21.9. The van der Waals surface area contributed by atoms with Crippen LogP contribution in [-0.2, 0) is 22.4 Å². The van der Waals surface area contributed by atoms with Gasteiger partial charge in [-0.05, 0) is 80.6 Å². The Hall–Kier alpha value is -3.13. The summed E-state index contributed by atoms with van der Waals surface area (Å²) in [5.41, 5.74) is 1.94. The van der Waals surface area contributed by atoms with Gasteiger partial charge in [0.25, 0.3) is 0 Å². The number of hydrogen-bond acceptors (Lipinski definition) is 5. The number of halogens is 1. The first kappa shape index (κ1) is 26.9. The highest BCUT2D eigenvalue weighted by Crippen LogP contribution is 2.28. The van der Waals surface area contributed by atoms with Crippen molar-refractivity contribution in [1.29, 1.82) is 0 Å². The molecule has 2 aromatic rings. The molecule has 2 aliphatic heterocycles. The average molecular weight is 512 g/mol. The van der Waals surface area contributed by atoms with Crippen LogP contribution in [0.5, 0.6) is 11.5 Å². The minimum absolute atomic E-state index is 0.0547. The molecule has 0 spiro atoms. The van der Waals surface area contributed by atoms with Gasteiger partial charge in [0.1, 0.15) is 5.82 Å². The average Bonchev–Trinajstić information content (AvgIpc) is 2.94. The SMILES string of the molecule is COc1ccc(CCNC(=O)C2CCN(C3CCN(C(=O)Cc4ccc(F)cc4)CC3)CC2)cc1OC. The van der Waals surface area contributed by atoms with E-state index in [0.717, 1.165) is 69.4 Å². The van der Waals surface area contributed by atoms with Crippen molar-refractivity contribution in [2.75, 3.05) is 46.9 Å². The van der Waals surface area contributed by atoms with E-state index in [1.807, 2.05) is 23.1 Å². The third kappa shape index (κ3) is 7.22. The first-order chi connectivity index (χ1) is 18.0. The van der Waals surface area contributed by atoms with Gasteiger partial charge in [0.2, 0.25) is 11.8 Å². The summed E-state index contributed by atoms with van der Waals surface area (Å²) in [6.45, 7) is 3.94. The van der Waals surface area contributed by atoms with Crippen LogP contribution in [-0.4, -0.2) is 74.6 Å². The maximum absolute atomic E-state index is 13.1. The van der Waals surface area contributed by atoms with Crippen molar-refractivity contribution in [3.8, 4) is 11.5 Å². The molecule has 0 aromatic heterocycles. The van der Waals surface area contributed by atoms with Gasteiger partial charge in [-0.15, -0.1) is 0 Å².